The summed E-state index contributed by atoms with van der Waals surface area (Å²) in [5, 5.41) is 18.5. The molecule has 1 unspecified atom stereocenters. The summed E-state index contributed by atoms with van der Waals surface area (Å²) in [6, 6.07) is 0.185. The molecule has 1 atom stereocenters. The number of rotatable bonds is 10. The van der Waals surface area contributed by atoms with Crippen LogP contribution < -0.4 is 5.32 Å². The molecule has 0 bridgehead atoms. The number of unbranched alkanes of at least 4 members (excludes halogenated alkanes) is 1. The van der Waals surface area contributed by atoms with Gasteiger partial charge >= 0.3 is 18.0 Å². The van der Waals surface area contributed by atoms with Gasteiger partial charge in [0.2, 0.25) is 0 Å². The lowest BCUT2D eigenvalue weighted by Crippen LogP contribution is -2.33. The van der Waals surface area contributed by atoms with Crippen molar-refractivity contribution in [2.24, 2.45) is 0 Å². The summed E-state index contributed by atoms with van der Waals surface area (Å²) in [6.07, 6.45) is 9.16. The predicted molar refractivity (Wildman–Crippen MR) is 94.8 cm³/mol. The van der Waals surface area contributed by atoms with E-state index in [-0.39, 0.29) is 12.1 Å². The molecule has 1 aromatic heterocycles. The van der Waals surface area contributed by atoms with E-state index in [0.29, 0.717) is 18.8 Å². The van der Waals surface area contributed by atoms with Gasteiger partial charge in [0.25, 0.3) is 0 Å². The molecule has 146 valence electrons. The number of hydrogen-bond donors (Lipinski definition) is 4. The van der Waals surface area contributed by atoms with Crippen molar-refractivity contribution in [1.29, 1.82) is 0 Å². The summed E-state index contributed by atoms with van der Waals surface area (Å²) in [6.45, 7) is 4.58. The zero-order valence-electron chi connectivity index (χ0n) is 15.1. The Bertz CT molecular complexity index is 541. The second kappa shape index (κ2) is 14.5. The number of aromatic amines is 1. The van der Waals surface area contributed by atoms with Crippen LogP contribution in [-0.2, 0) is 20.7 Å². The first kappa shape index (κ1) is 23.2. The standard InChI is InChI=1S/C13H23N3O2.C4H4O4/c1-3-4-6-11(2)16-13(17)18-8-5-7-12-9-14-10-15-12;5-3(6)1-2-4(7)8/h9-11H,3-8H2,1-2H3,(H,14,15)(H,16,17);1-2H,(H,5,6)(H,7,8)/b;2-1+. The molecule has 0 aliphatic heterocycles. The molecule has 1 aromatic rings. The SMILES string of the molecule is CCCCC(C)NC(=O)OCCCc1cnc[nH]1.O=C(O)/C=C/C(=O)O. The highest BCUT2D eigenvalue weighted by atomic mass is 16.5. The molecular weight excluding hydrogens is 342 g/mol. The number of carbonyl (C=O) groups is 3. The van der Waals surface area contributed by atoms with Crippen LogP contribution in [0.5, 0.6) is 0 Å². The van der Waals surface area contributed by atoms with Gasteiger partial charge in [0.15, 0.2) is 0 Å². The van der Waals surface area contributed by atoms with Crippen LogP contribution in [0.2, 0.25) is 0 Å². The second-order valence-electron chi connectivity index (χ2n) is 5.51. The lowest BCUT2D eigenvalue weighted by molar-refractivity contribution is -0.134. The highest BCUT2D eigenvalue weighted by Crippen LogP contribution is 2.00. The smallest absolute Gasteiger partial charge is 0.407 e. The molecule has 0 radical (unpaired) electrons. The number of nitrogens with zero attached hydrogens (tertiary/aromatic N) is 1. The molecule has 1 rings (SSSR count). The number of carboxylic acids is 2. The highest BCUT2D eigenvalue weighted by Gasteiger charge is 2.07. The Labute approximate surface area is 152 Å². The molecule has 4 N–H and O–H groups in total. The fourth-order valence-corrected chi connectivity index (χ4v) is 1.82. The van der Waals surface area contributed by atoms with Gasteiger partial charge in [-0.3, -0.25) is 0 Å². The number of imidazole rings is 1. The summed E-state index contributed by atoms with van der Waals surface area (Å²) >= 11 is 0. The first-order chi connectivity index (χ1) is 12.3. The van der Waals surface area contributed by atoms with Crippen molar-refractivity contribution in [2.75, 3.05) is 6.61 Å². The number of aliphatic carboxylic acids is 2. The number of H-pyrrole nitrogens is 1. The van der Waals surface area contributed by atoms with Crippen molar-refractivity contribution in [3.63, 3.8) is 0 Å². The quantitative estimate of drug-likeness (QED) is 0.366. The minimum Gasteiger partial charge on any atom is -0.478 e. The van der Waals surface area contributed by atoms with Crippen molar-refractivity contribution in [1.82, 2.24) is 15.3 Å². The minimum absolute atomic E-state index is 0.185. The Balaban J connectivity index is 0.000000660. The molecule has 0 saturated heterocycles. The van der Waals surface area contributed by atoms with Gasteiger partial charge in [0.1, 0.15) is 0 Å². The average molecular weight is 369 g/mol. The Morgan fingerprint density at radius 3 is 2.42 bits per heavy atom. The van der Waals surface area contributed by atoms with E-state index >= 15 is 0 Å². The zero-order chi connectivity index (χ0) is 19.8. The minimum atomic E-state index is -1.26. The van der Waals surface area contributed by atoms with Crippen molar-refractivity contribution in [3.8, 4) is 0 Å². The lowest BCUT2D eigenvalue weighted by Gasteiger charge is -2.13. The van der Waals surface area contributed by atoms with Gasteiger partial charge in [-0.15, -0.1) is 0 Å². The number of ether oxygens (including phenoxy) is 1. The van der Waals surface area contributed by atoms with Crippen molar-refractivity contribution in [3.05, 3.63) is 30.4 Å². The van der Waals surface area contributed by atoms with Crippen molar-refractivity contribution >= 4 is 18.0 Å². The van der Waals surface area contributed by atoms with E-state index in [1.54, 1.807) is 12.5 Å². The van der Waals surface area contributed by atoms with E-state index in [9.17, 15) is 14.4 Å². The Morgan fingerprint density at radius 1 is 1.27 bits per heavy atom. The molecule has 26 heavy (non-hydrogen) atoms. The molecule has 0 spiro atoms. The number of nitrogens with one attached hydrogen (secondary N) is 2. The molecule has 0 fully saturated rings. The molecule has 9 nitrogen and oxygen atoms in total. The fourth-order valence-electron chi connectivity index (χ4n) is 1.82. The Hall–Kier alpha value is -2.84. The third-order valence-corrected chi connectivity index (χ3v) is 3.10. The van der Waals surface area contributed by atoms with Gasteiger partial charge in [-0.2, -0.15) is 0 Å². The van der Waals surface area contributed by atoms with Gasteiger partial charge in [-0.25, -0.2) is 19.4 Å². The number of aromatic nitrogens is 2. The third-order valence-electron chi connectivity index (χ3n) is 3.10. The maximum Gasteiger partial charge on any atom is 0.407 e. The number of aryl methyl sites for hydroxylation is 1. The largest absolute Gasteiger partial charge is 0.478 e. The summed E-state index contributed by atoms with van der Waals surface area (Å²) in [5.41, 5.74) is 1.07. The number of carbonyl (C=O) groups excluding carboxylic acids is 1. The van der Waals surface area contributed by atoms with Gasteiger partial charge < -0.3 is 25.3 Å². The van der Waals surface area contributed by atoms with Crippen molar-refractivity contribution < 1.29 is 29.3 Å². The van der Waals surface area contributed by atoms with Crippen LogP contribution in [0.15, 0.2) is 24.7 Å². The fraction of sp³-hybridized carbons (Fsp3) is 0.529. The summed E-state index contributed by atoms with van der Waals surface area (Å²) in [4.78, 5) is 37.5. The Kier molecular flexibility index (Phi) is 12.9. The summed E-state index contributed by atoms with van der Waals surface area (Å²) < 4.78 is 5.11. The van der Waals surface area contributed by atoms with Crippen LogP contribution in [0.25, 0.3) is 0 Å². The molecular formula is C17H27N3O6. The maximum absolute atomic E-state index is 11.4. The average Bonchev–Trinajstić information content (AvgIpc) is 3.09. The van der Waals surface area contributed by atoms with E-state index in [1.165, 1.54) is 0 Å². The maximum atomic E-state index is 11.4. The molecule has 1 amide bonds. The van der Waals surface area contributed by atoms with Crippen LogP contribution >= 0.6 is 0 Å². The monoisotopic (exact) mass is 369 g/mol. The van der Waals surface area contributed by atoms with Gasteiger partial charge in [-0.05, 0) is 26.2 Å². The first-order valence-electron chi connectivity index (χ1n) is 8.39. The van der Waals surface area contributed by atoms with Crippen molar-refractivity contribution in [2.45, 2.75) is 52.0 Å². The molecule has 0 aliphatic carbocycles. The number of hydrogen-bond acceptors (Lipinski definition) is 5. The Morgan fingerprint density at radius 2 is 1.92 bits per heavy atom. The van der Waals surface area contributed by atoms with Crippen LogP contribution in [-0.4, -0.2) is 50.9 Å². The zero-order valence-corrected chi connectivity index (χ0v) is 15.1. The lowest BCUT2D eigenvalue weighted by atomic mass is 10.1. The molecule has 0 aliphatic rings. The van der Waals surface area contributed by atoms with Gasteiger partial charge in [0, 0.05) is 30.1 Å². The topological polar surface area (TPSA) is 142 Å². The van der Waals surface area contributed by atoms with E-state index in [0.717, 1.165) is 37.8 Å². The summed E-state index contributed by atoms with van der Waals surface area (Å²) in [5.74, 6) is -2.51. The molecule has 9 heteroatoms. The van der Waals surface area contributed by atoms with E-state index in [4.69, 9.17) is 14.9 Å². The third kappa shape index (κ3) is 14.7. The highest BCUT2D eigenvalue weighted by molar-refractivity contribution is 5.89. The summed E-state index contributed by atoms with van der Waals surface area (Å²) in [7, 11) is 0. The second-order valence-corrected chi connectivity index (χ2v) is 5.51. The van der Waals surface area contributed by atoms with E-state index < -0.39 is 11.9 Å². The van der Waals surface area contributed by atoms with Gasteiger partial charge in [-0.1, -0.05) is 19.8 Å². The van der Waals surface area contributed by atoms with E-state index in [2.05, 4.69) is 22.2 Å². The predicted octanol–water partition coefficient (Wildman–Crippen LogP) is 2.36. The molecule has 1 heterocycles. The number of amides is 1. The van der Waals surface area contributed by atoms with Crippen LogP contribution in [0.4, 0.5) is 4.79 Å². The molecule has 0 aromatic carbocycles. The first-order valence-corrected chi connectivity index (χ1v) is 8.39. The van der Waals surface area contributed by atoms with Crippen LogP contribution in [0.1, 0.15) is 45.2 Å². The molecule has 0 saturated carbocycles. The normalized spacial score (nSPS) is 11.3. The van der Waals surface area contributed by atoms with Crippen LogP contribution in [0.3, 0.4) is 0 Å². The number of alkyl carbamates (subject to hydrolysis) is 1. The van der Waals surface area contributed by atoms with E-state index in [1.807, 2.05) is 6.92 Å². The van der Waals surface area contributed by atoms with Gasteiger partial charge in [0.05, 0.1) is 12.9 Å². The van der Waals surface area contributed by atoms with Crippen LogP contribution in [0, 0.1) is 0 Å². The number of carboxylic acid groups (broad SMARTS) is 2.